The number of aliphatic hydroxyl groups is 5. The molecule has 0 aromatic heterocycles. The fraction of sp³-hybridized carbons (Fsp3) is 0.892. The monoisotopic (exact) mass is 710 g/mol. The van der Waals surface area contributed by atoms with Gasteiger partial charge in [0.05, 0.1) is 19.3 Å². The smallest absolute Gasteiger partial charge is 0.335 e. The molecule has 0 spiro atoms. The molecule has 13 nitrogen and oxygen atoms in total. The number of carboxylic acids is 1. The summed E-state index contributed by atoms with van der Waals surface area (Å²) in [6.45, 7) is 8.63. The van der Waals surface area contributed by atoms with Gasteiger partial charge in [-0.05, 0) is 105 Å². The highest BCUT2D eigenvalue weighted by Gasteiger charge is 2.60. The number of carboxylic acid groups (broad SMARTS) is 1. The van der Waals surface area contributed by atoms with Crippen LogP contribution in [0.1, 0.15) is 91.9 Å². The topological polar surface area (TPSA) is 202 Å². The molecule has 0 aromatic rings. The van der Waals surface area contributed by atoms with Crippen LogP contribution in [0.4, 0.5) is 0 Å². The molecule has 6 N–H and O–H groups in total. The first-order chi connectivity index (χ1) is 23.6. The largest absolute Gasteiger partial charge is 0.479 e. The Balaban J connectivity index is 1.10. The van der Waals surface area contributed by atoms with Crippen molar-refractivity contribution in [1.82, 2.24) is 0 Å². The predicted octanol–water partition coefficient (Wildman–Crippen LogP) is 2.28. The molecular weight excluding hydrogens is 652 g/mol. The standard InChI is InChI=1S/C37H58O13/c1-17(6-11-25(38)46-5)22-9-10-23-21-8-7-19-16-20(12-14-36(19,3)24(21)13-15-37(22,23)4)48-35-30(43)28(41)31(32(50-35)33(44)45)49-34-29(42)27(40)26(39)18(2)47-34/h7,17-18,20-24,26-32,34-35,39-43H,6,8-16H2,1-5H3,(H,44,45)/t17?,18-,20?,21?,22?,23?,24?,26+,27-,28+,29-,30-,31+,32+,34+,35-,36?,37?/m1/s1. The number of fused-ring (bicyclic) bond motifs is 5. The van der Waals surface area contributed by atoms with Crippen LogP contribution < -0.4 is 0 Å². The molecule has 0 amide bonds. The van der Waals surface area contributed by atoms with E-state index in [1.807, 2.05) is 0 Å². The molecule has 0 bridgehead atoms. The number of aliphatic carboxylic acids is 1. The summed E-state index contributed by atoms with van der Waals surface area (Å²) in [6, 6.07) is 0. The number of aliphatic hydroxyl groups excluding tert-OH is 5. The maximum atomic E-state index is 12.3. The first kappa shape index (κ1) is 38.1. The highest BCUT2D eigenvalue weighted by Crippen LogP contribution is 2.67. The van der Waals surface area contributed by atoms with Crippen molar-refractivity contribution in [3.63, 3.8) is 0 Å². The number of esters is 1. The van der Waals surface area contributed by atoms with Crippen molar-refractivity contribution in [2.45, 2.75) is 159 Å². The minimum atomic E-state index is -1.77. The van der Waals surface area contributed by atoms with Gasteiger partial charge in [0.25, 0.3) is 0 Å². The molecule has 2 heterocycles. The summed E-state index contributed by atoms with van der Waals surface area (Å²) in [5.41, 5.74) is 1.61. The van der Waals surface area contributed by atoms with Gasteiger partial charge < -0.3 is 54.3 Å². The summed E-state index contributed by atoms with van der Waals surface area (Å²) in [7, 11) is 1.45. The summed E-state index contributed by atoms with van der Waals surface area (Å²) in [5.74, 6) is 1.25. The minimum absolute atomic E-state index is 0.0168. The van der Waals surface area contributed by atoms with Crippen LogP contribution in [0.25, 0.3) is 0 Å². The molecule has 50 heavy (non-hydrogen) atoms. The molecule has 13 heteroatoms. The van der Waals surface area contributed by atoms with Crippen LogP contribution >= 0.6 is 0 Å². The van der Waals surface area contributed by atoms with Crippen molar-refractivity contribution in [3.05, 3.63) is 11.6 Å². The van der Waals surface area contributed by atoms with Crippen molar-refractivity contribution in [2.75, 3.05) is 7.11 Å². The van der Waals surface area contributed by atoms with Gasteiger partial charge in [-0.1, -0.05) is 32.4 Å². The maximum Gasteiger partial charge on any atom is 0.335 e. The first-order valence-corrected chi connectivity index (χ1v) is 18.6. The van der Waals surface area contributed by atoms with E-state index in [-0.39, 0.29) is 22.9 Å². The third-order valence-electron chi connectivity index (χ3n) is 14.1. The summed E-state index contributed by atoms with van der Waals surface area (Å²) >= 11 is 0. The fourth-order valence-electron chi connectivity index (χ4n) is 11.1. The van der Waals surface area contributed by atoms with Crippen LogP contribution in [0, 0.1) is 40.4 Å². The van der Waals surface area contributed by atoms with E-state index in [0.29, 0.717) is 48.9 Å². The van der Waals surface area contributed by atoms with Crippen molar-refractivity contribution in [3.8, 4) is 0 Å². The second-order valence-electron chi connectivity index (χ2n) is 16.6. The Hall–Kier alpha value is -1.68. The Morgan fingerprint density at radius 1 is 0.900 bits per heavy atom. The second-order valence-corrected chi connectivity index (χ2v) is 16.6. The SMILES string of the molecule is COC(=O)CCC(C)C1CCC2C3CC=C4CC(O[C@@H]5O[C@H](C(=O)O)[C@@H](O[C@@H]6O[C@H](C)[C@H](O)[C@@H](O)[C@H]6O)[C@@H](O)[C@H]5O)CCC4(C)C3CCC12C. The third-order valence-corrected chi connectivity index (χ3v) is 14.1. The van der Waals surface area contributed by atoms with Crippen LogP contribution in [0.5, 0.6) is 0 Å². The van der Waals surface area contributed by atoms with E-state index in [9.17, 15) is 40.2 Å². The van der Waals surface area contributed by atoms with Gasteiger partial charge in [0.15, 0.2) is 18.7 Å². The van der Waals surface area contributed by atoms with Gasteiger partial charge in [-0.15, -0.1) is 0 Å². The molecule has 5 fully saturated rings. The van der Waals surface area contributed by atoms with Gasteiger partial charge in [0.1, 0.15) is 36.6 Å². The van der Waals surface area contributed by atoms with E-state index in [2.05, 4.69) is 26.8 Å². The normalized spacial score (nSPS) is 49.6. The van der Waals surface area contributed by atoms with Crippen LogP contribution in [0.3, 0.4) is 0 Å². The van der Waals surface area contributed by atoms with Crippen molar-refractivity contribution >= 4 is 11.9 Å². The summed E-state index contributed by atoms with van der Waals surface area (Å²) in [5, 5.41) is 62.6. The highest BCUT2D eigenvalue weighted by molar-refractivity contribution is 5.73. The van der Waals surface area contributed by atoms with E-state index in [4.69, 9.17) is 23.7 Å². The maximum absolute atomic E-state index is 12.3. The van der Waals surface area contributed by atoms with Crippen LogP contribution in [0.15, 0.2) is 11.6 Å². The lowest BCUT2D eigenvalue weighted by Crippen LogP contribution is -2.65. The summed E-state index contributed by atoms with van der Waals surface area (Å²) < 4.78 is 27.9. The zero-order valence-corrected chi connectivity index (χ0v) is 29.9. The molecule has 0 aromatic carbocycles. The number of rotatable bonds is 9. The molecule has 3 saturated carbocycles. The van der Waals surface area contributed by atoms with Crippen LogP contribution in [-0.2, 0) is 33.3 Å². The van der Waals surface area contributed by atoms with E-state index < -0.39 is 67.4 Å². The number of ether oxygens (including phenoxy) is 5. The Bertz CT molecular complexity index is 1280. The molecule has 18 atom stereocenters. The van der Waals surface area contributed by atoms with Gasteiger partial charge in [-0.2, -0.15) is 0 Å². The van der Waals surface area contributed by atoms with Gasteiger partial charge >= 0.3 is 11.9 Å². The lowest BCUT2D eigenvalue weighted by atomic mass is 9.47. The Morgan fingerprint density at radius 2 is 1.60 bits per heavy atom. The summed E-state index contributed by atoms with van der Waals surface area (Å²) in [4.78, 5) is 24.1. The molecule has 6 aliphatic rings. The number of hydrogen-bond acceptors (Lipinski definition) is 12. The zero-order valence-electron chi connectivity index (χ0n) is 29.9. The fourth-order valence-corrected chi connectivity index (χ4v) is 11.1. The molecule has 4 aliphatic carbocycles. The molecular formula is C37H58O13. The van der Waals surface area contributed by atoms with Crippen molar-refractivity contribution in [2.24, 2.45) is 40.4 Å². The zero-order chi connectivity index (χ0) is 36.3. The first-order valence-electron chi connectivity index (χ1n) is 18.6. The minimum Gasteiger partial charge on any atom is -0.479 e. The number of carbonyl (C=O) groups excluding carboxylic acids is 1. The average Bonchev–Trinajstić information content (AvgIpc) is 3.45. The molecule has 0 radical (unpaired) electrons. The predicted molar refractivity (Wildman–Crippen MR) is 176 cm³/mol. The highest BCUT2D eigenvalue weighted by atomic mass is 16.7. The summed E-state index contributed by atoms with van der Waals surface area (Å²) in [6.07, 6.45) is -4.27. The number of methoxy groups -OCH3 is 1. The van der Waals surface area contributed by atoms with E-state index in [1.54, 1.807) is 0 Å². The number of carbonyl (C=O) groups is 2. The quantitative estimate of drug-likeness (QED) is 0.151. The van der Waals surface area contributed by atoms with Crippen molar-refractivity contribution in [1.29, 1.82) is 0 Å². The van der Waals surface area contributed by atoms with Gasteiger partial charge in [-0.25, -0.2) is 4.79 Å². The lowest BCUT2D eigenvalue weighted by molar-refractivity contribution is -0.355. The van der Waals surface area contributed by atoms with Gasteiger partial charge in [0, 0.05) is 6.42 Å². The van der Waals surface area contributed by atoms with Gasteiger partial charge in [0.2, 0.25) is 0 Å². The van der Waals surface area contributed by atoms with E-state index in [0.717, 1.165) is 25.7 Å². The van der Waals surface area contributed by atoms with Gasteiger partial charge in [-0.3, -0.25) is 4.79 Å². The Kier molecular flexibility index (Phi) is 11.1. The lowest BCUT2D eigenvalue weighted by Gasteiger charge is -2.58. The van der Waals surface area contributed by atoms with E-state index in [1.165, 1.54) is 38.9 Å². The van der Waals surface area contributed by atoms with E-state index >= 15 is 0 Å². The molecule has 8 unspecified atom stereocenters. The molecule has 2 saturated heterocycles. The molecule has 2 aliphatic heterocycles. The molecule has 6 rings (SSSR count). The van der Waals surface area contributed by atoms with Crippen LogP contribution in [-0.4, -0.2) is 117 Å². The second kappa shape index (κ2) is 14.6. The number of allylic oxidation sites excluding steroid dienone is 1. The molecule has 284 valence electrons. The van der Waals surface area contributed by atoms with Crippen molar-refractivity contribution < 1.29 is 63.9 Å². The third kappa shape index (κ3) is 6.68. The van der Waals surface area contributed by atoms with Crippen LogP contribution in [0.2, 0.25) is 0 Å². The Labute approximate surface area is 294 Å². The Morgan fingerprint density at radius 3 is 2.30 bits per heavy atom. The number of hydrogen-bond donors (Lipinski definition) is 6. The average molecular weight is 711 g/mol.